The van der Waals surface area contributed by atoms with Crippen molar-refractivity contribution < 1.29 is 4.79 Å². The number of carbonyl (C=O) groups excluding carboxylic acids is 1. The molecule has 4 bridgehead atoms. The highest BCUT2D eigenvalue weighted by atomic mass is 16.2. The third-order valence-electron chi connectivity index (χ3n) is 7.39. The lowest BCUT2D eigenvalue weighted by Gasteiger charge is -2.54. The van der Waals surface area contributed by atoms with Crippen molar-refractivity contribution in [2.75, 3.05) is 0 Å². The van der Waals surface area contributed by atoms with Crippen molar-refractivity contribution in [3.05, 3.63) is 47.3 Å². The van der Waals surface area contributed by atoms with Crippen molar-refractivity contribution in [3.63, 3.8) is 0 Å². The van der Waals surface area contributed by atoms with Gasteiger partial charge in [0.15, 0.2) is 0 Å². The number of amides is 2. The van der Waals surface area contributed by atoms with Crippen molar-refractivity contribution in [3.8, 4) is 5.69 Å². The quantitative estimate of drug-likeness (QED) is 0.841. The lowest BCUT2D eigenvalue weighted by Crippen LogP contribution is -2.57. The van der Waals surface area contributed by atoms with Crippen LogP contribution >= 0.6 is 0 Å². The fourth-order valence-corrected chi connectivity index (χ4v) is 6.28. The Balaban J connectivity index is 1.23. The molecule has 2 aromatic rings. The first kappa shape index (κ1) is 17.8. The minimum Gasteiger partial charge on any atom is -0.335 e. The zero-order chi connectivity index (χ0) is 19.3. The van der Waals surface area contributed by atoms with Crippen LogP contribution in [-0.4, -0.2) is 21.9 Å². The zero-order valence-corrected chi connectivity index (χ0v) is 16.8. The summed E-state index contributed by atoms with van der Waals surface area (Å²) in [6, 6.07) is 10.5. The molecule has 4 aliphatic carbocycles. The molecule has 5 nitrogen and oxygen atoms in total. The Hall–Kier alpha value is -2.30. The van der Waals surface area contributed by atoms with Crippen LogP contribution in [-0.2, 0) is 6.54 Å². The Labute approximate surface area is 166 Å². The van der Waals surface area contributed by atoms with Crippen molar-refractivity contribution in [2.45, 2.75) is 58.5 Å². The summed E-state index contributed by atoms with van der Waals surface area (Å²) in [5.74, 6) is 3.26. The molecule has 0 unspecified atom stereocenters. The van der Waals surface area contributed by atoms with Gasteiger partial charge < -0.3 is 10.6 Å². The third kappa shape index (κ3) is 3.11. The first-order valence-electron chi connectivity index (χ1n) is 10.7. The maximum absolute atomic E-state index is 12.7. The van der Waals surface area contributed by atoms with Crippen LogP contribution in [0.5, 0.6) is 0 Å². The van der Waals surface area contributed by atoms with Crippen LogP contribution in [0.4, 0.5) is 4.79 Å². The van der Waals surface area contributed by atoms with Crippen LogP contribution in [0.25, 0.3) is 5.69 Å². The average molecular weight is 379 g/mol. The summed E-state index contributed by atoms with van der Waals surface area (Å²) in [5.41, 5.74) is 4.20. The van der Waals surface area contributed by atoms with Crippen LogP contribution in [0.15, 0.2) is 30.3 Å². The molecule has 4 fully saturated rings. The fourth-order valence-electron chi connectivity index (χ4n) is 6.28. The first-order chi connectivity index (χ1) is 13.6. The zero-order valence-electron chi connectivity index (χ0n) is 16.8. The lowest BCUT2D eigenvalue weighted by molar-refractivity contribution is -0.00942. The highest BCUT2D eigenvalue weighted by Crippen LogP contribution is 2.53. The Bertz CT molecular complexity index is 844. The molecule has 2 N–H and O–H groups in total. The smallest absolute Gasteiger partial charge is 0.315 e. The van der Waals surface area contributed by atoms with Gasteiger partial charge in [0, 0.05) is 23.8 Å². The molecule has 28 heavy (non-hydrogen) atoms. The van der Waals surface area contributed by atoms with E-state index in [2.05, 4.69) is 34.8 Å². The number of para-hydroxylation sites is 1. The summed E-state index contributed by atoms with van der Waals surface area (Å²) in [6.45, 7) is 4.60. The summed E-state index contributed by atoms with van der Waals surface area (Å²) in [4.78, 5) is 12.7. The minimum atomic E-state index is -0.0243. The molecule has 5 heteroatoms. The van der Waals surface area contributed by atoms with Gasteiger partial charge in [-0.15, -0.1) is 0 Å². The third-order valence-corrected chi connectivity index (χ3v) is 7.39. The van der Waals surface area contributed by atoms with E-state index in [4.69, 9.17) is 0 Å². The number of hydrogen-bond donors (Lipinski definition) is 2. The van der Waals surface area contributed by atoms with Gasteiger partial charge in [0.1, 0.15) is 0 Å². The van der Waals surface area contributed by atoms with Crippen LogP contribution in [0.2, 0.25) is 0 Å². The second-order valence-corrected chi connectivity index (χ2v) is 9.18. The second-order valence-electron chi connectivity index (χ2n) is 9.18. The summed E-state index contributed by atoms with van der Waals surface area (Å²) < 4.78 is 1.96. The molecule has 0 aliphatic heterocycles. The van der Waals surface area contributed by atoms with E-state index >= 15 is 0 Å². The van der Waals surface area contributed by atoms with Gasteiger partial charge in [0.2, 0.25) is 0 Å². The standard InChI is InChI=1S/C23H30N4O/c1-14-21(15(2)27(26-14)20-6-4-3-5-7-20)13-24-23(28)25-22-18-9-16-8-17(11-18)12-19(22)10-16/h3-7,16-19,22H,8-13H2,1-2H3,(H2,24,25,28). The average Bonchev–Trinajstić information content (AvgIpc) is 2.97. The van der Waals surface area contributed by atoms with Crippen molar-refractivity contribution in [2.24, 2.45) is 23.7 Å². The number of aromatic nitrogens is 2. The largest absolute Gasteiger partial charge is 0.335 e. The van der Waals surface area contributed by atoms with Crippen LogP contribution in [0.3, 0.4) is 0 Å². The number of nitrogens with one attached hydrogen (secondary N) is 2. The normalized spacial score (nSPS) is 30.4. The van der Waals surface area contributed by atoms with Gasteiger partial charge >= 0.3 is 6.03 Å². The van der Waals surface area contributed by atoms with Gasteiger partial charge in [-0.3, -0.25) is 0 Å². The first-order valence-corrected chi connectivity index (χ1v) is 10.7. The number of benzene rings is 1. The van der Waals surface area contributed by atoms with E-state index in [9.17, 15) is 4.79 Å². The van der Waals surface area contributed by atoms with E-state index in [0.29, 0.717) is 24.4 Å². The Morgan fingerprint density at radius 2 is 1.68 bits per heavy atom. The number of urea groups is 1. The van der Waals surface area contributed by atoms with Crippen LogP contribution in [0.1, 0.15) is 49.1 Å². The van der Waals surface area contributed by atoms with E-state index in [-0.39, 0.29) is 6.03 Å². The van der Waals surface area contributed by atoms with E-state index in [0.717, 1.165) is 34.5 Å². The maximum atomic E-state index is 12.7. The molecule has 1 aromatic carbocycles. The lowest BCUT2D eigenvalue weighted by atomic mass is 9.54. The number of rotatable bonds is 4. The van der Waals surface area contributed by atoms with E-state index in [1.807, 2.05) is 29.8 Å². The predicted octanol–water partition coefficient (Wildman–Crippen LogP) is 4.11. The van der Waals surface area contributed by atoms with Crippen molar-refractivity contribution in [1.29, 1.82) is 0 Å². The van der Waals surface area contributed by atoms with Gasteiger partial charge in [-0.1, -0.05) is 18.2 Å². The molecule has 1 aromatic heterocycles. The molecule has 0 saturated heterocycles. The van der Waals surface area contributed by atoms with Crippen LogP contribution in [0, 0.1) is 37.5 Å². The number of aryl methyl sites for hydroxylation is 1. The number of carbonyl (C=O) groups is 1. The Morgan fingerprint density at radius 3 is 2.32 bits per heavy atom. The highest BCUT2D eigenvalue weighted by Gasteiger charge is 2.48. The minimum absolute atomic E-state index is 0.0243. The molecule has 0 atom stereocenters. The van der Waals surface area contributed by atoms with E-state index < -0.39 is 0 Å². The molecule has 148 valence electrons. The second kappa shape index (κ2) is 6.94. The molecule has 4 saturated carbocycles. The monoisotopic (exact) mass is 378 g/mol. The molecule has 4 aliphatic rings. The van der Waals surface area contributed by atoms with Gasteiger partial charge in [-0.05, 0) is 81.8 Å². The number of nitrogens with zero attached hydrogens (tertiary/aromatic N) is 2. The van der Waals surface area contributed by atoms with Crippen molar-refractivity contribution in [1.82, 2.24) is 20.4 Å². The van der Waals surface area contributed by atoms with E-state index in [1.165, 1.54) is 32.1 Å². The topological polar surface area (TPSA) is 59.0 Å². The van der Waals surface area contributed by atoms with E-state index in [1.54, 1.807) is 0 Å². The Kier molecular flexibility index (Phi) is 4.41. The molecule has 1 heterocycles. The summed E-state index contributed by atoms with van der Waals surface area (Å²) in [6.07, 6.45) is 6.72. The van der Waals surface area contributed by atoms with Gasteiger partial charge in [0.05, 0.1) is 11.4 Å². The van der Waals surface area contributed by atoms with Crippen LogP contribution < -0.4 is 10.6 Å². The molecule has 2 amide bonds. The van der Waals surface area contributed by atoms with Gasteiger partial charge in [-0.25, -0.2) is 9.48 Å². The summed E-state index contributed by atoms with van der Waals surface area (Å²) in [7, 11) is 0. The maximum Gasteiger partial charge on any atom is 0.315 e. The molecular weight excluding hydrogens is 348 g/mol. The summed E-state index contributed by atoms with van der Waals surface area (Å²) in [5, 5.41) is 11.1. The molecular formula is C23H30N4O. The van der Waals surface area contributed by atoms with Gasteiger partial charge in [0.25, 0.3) is 0 Å². The Morgan fingerprint density at radius 1 is 1.04 bits per heavy atom. The fraction of sp³-hybridized carbons (Fsp3) is 0.565. The highest BCUT2D eigenvalue weighted by molar-refractivity contribution is 5.74. The SMILES string of the molecule is Cc1nn(-c2ccccc2)c(C)c1CNC(=O)NC1C2CC3CC(C2)CC1C3. The predicted molar refractivity (Wildman–Crippen MR) is 109 cm³/mol. The molecule has 6 rings (SSSR count). The summed E-state index contributed by atoms with van der Waals surface area (Å²) >= 11 is 0. The molecule has 0 radical (unpaired) electrons. The number of hydrogen-bond acceptors (Lipinski definition) is 2. The molecule has 0 spiro atoms. The van der Waals surface area contributed by atoms with Gasteiger partial charge in [-0.2, -0.15) is 5.10 Å². The van der Waals surface area contributed by atoms with Crippen molar-refractivity contribution >= 4 is 6.03 Å².